The first-order valence-corrected chi connectivity index (χ1v) is 10.4. The van der Waals surface area contributed by atoms with E-state index >= 15 is 0 Å². The third kappa shape index (κ3) is 6.30. The van der Waals surface area contributed by atoms with Crippen LogP contribution >= 0.6 is 7.82 Å². The molecule has 0 unspecified atom stereocenters. The van der Waals surface area contributed by atoms with Gasteiger partial charge in [0.15, 0.2) is 0 Å². The summed E-state index contributed by atoms with van der Waals surface area (Å²) in [6.45, 7) is 2.13. The van der Waals surface area contributed by atoms with Crippen LogP contribution in [0.4, 0.5) is 0 Å². The summed E-state index contributed by atoms with van der Waals surface area (Å²) in [5.41, 5.74) is 8.23. The lowest BCUT2D eigenvalue weighted by Gasteiger charge is -2.24. The van der Waals surface area contributed by atoms with Crippen molar-refractivity contribution < 1.29 is 18.9 Å². The van der Waals surface area contributed by atoms with Gasteiger partial charge in [-0.3, -0.25) is 4.52 Å². The molecule has 0 bridgehead atoms. The molecule has 4 N–H and O–H groups in total. The highest BCUT2D eigenvalue weighted by Gasteiger charge is 2.38. The predicted octanol–water partition coefficient (Wildman–Crippen LogP) is 3.88. The van der Waals surface area contributed by atoms with Crippen LogP contribution in [-0.2, 0) is 15.5 Å². The van der Waals surface area contributed by atoms with Gasteiger partial charge in [0.25, 0.3) is 0 Å². The Morgan fingerprint density at radius 2 is 1.96 bits per heavy atom. The van der Waals surface area contributed by atoms with Gasteiger partial charge in [-0.1, -0.05) is 50.5 Å². The van der Waals surface area contributed by atoms with Gasteiger partial charge in [-0.05, 0) is 49.1 Å². The minimum absolute atomic E-state index is 0.0940. The summed E-state index contributed by atoms with van der Waals surface area (Å²) in [4.78, 5) is 17.7. The van der Waals surface area contributed by atoms with Crippen molar-refractivity contribution in [1.82, 2.24) is 0 Å². The van der Waals surface area contributed by atoms with Crippen molar-refractivity contribution in [3.8, 4) is 0 Å². The molecule has 0 amide bonds. The van der Waals surface area contributed by atoms with Gasteiger partial charge in [0.1, 0.15) is 0 Å². The lowest BCUT2D eigenvalue weighted by Crippen LogP contribution is -2.41. The van der Waals surface area contributed by atoms with Gasteiger partial charge in [0, 0.05) is 5.54 Å². The Hall–Kier alpha value is -0.710. The summed E-state index contributed by atoms with van der Waals surface area (Å²) >= 11 is 0. The van der Waals surface area contributed by atoms with E-state index in [1.807, 2.05) is 0 Å². The topological polar surface area (TPSA) is 92.8 Å². The van der Waals surface area contributed by atoms with Gasteiger partial charge in [0.05, 0.1) is 6.61 Å². The molecular formula is C18H30NO4P. The third-order valence-electron chi connectivity index (χ3n) is 4.93. The first-order valence-electron chi connectivity index (χ1n) is 8.89. The lowest BCUT2D eigenvalue weighted by molar-refractivity contribution is 0.153. The molecule has 2 rings (SSSR count). The highest BCUT2D eigenvalue weighted by atomic mass is 31.2. The van der Waals surface area contributed by atoms with Crippen molar-refractivity contribution in [3.05, 3.63) is 35.4 Å². The second-order valence-electron chi connectivity index (χ2n) is 7.12. The van der Waals surface area contributed by atoms with Gasteiger partial charge in [-0.2, -0.15) is 0 Å². The molecule has 1 aliphatic carbocycles. The number of aryl methyl sites for hydroxylation is 1. The summed E-state index contributed by atoms with van der Waals surface area (Å²) in [5.74, 6) is 0.338. The molecular weight excluding hydrogens is 325 g/mol. The minimum Gasteiger partial charge on any atom is -0.323 e. The molecule has 0 saturated heterocycles. The summed E-state index contributed by atoms with van der Waals surface area (Å²) in [5, 5.41) is 0. The molecule has 1 aliphatic rings. The third-order valence-corrected chi connectivity index (χ3v) is 5.40. The monoisotopic (exact) mass is 355 g/mol. The van der Waals surface area contributed by atoms with E-state index in [2.05, 4.69) is 35.7 Å². The van der Waals surface area contributed by atoms with Crippen LogP contribution in [0, 0.1) is 0 Å². The first kappa shape index (κ1) is 19.6. The van der Waals surface area contributed by atoms with Crippen LogP contribution in [0.15, 0.2) is 24.3 Å². The van der Waals surface area contributed by atoms with Gasteiger partial charge < -0.3 is 15.5 Å². The van der Waals surface area contributed by atoms with Crippen LogP contribution < -0.4 is 5.73 Å². The standard InChI is InChI=1S/C18H30NO4P/c1-2-3-4-5-6-15-7-9-16(10-8-15)17-11-12-18(19,13-17)14-23-24(20,21)22/h7-10,17H,2-6,11-14,19H2,1H3,(H2,20,21,22)/t17-,18-/m1/s1. The van der Waals surface area contributed by atoms with E-state index in [4.69, 9.17) is 15.5 Å². The van der Waals surface area contributed by atoms with Gasteiger partial charge in [-0.15, -0.1) is 0 Å². The van der Waals surface area contributed by atoms with Crippen molar-refractivity contribution in [3.63, 3.8) is 0 Å². The van der Waals surface area contributed by atoms with Crippen molar-refractivity contribution in [2.75, 3.05) is 6.61 Å². The summed E-state index contributed by atoms with van der Waals surface area (Å²) in [7, 11) is -4.46. The number of rotatable bonds is 9. The largest absolute Gasteiger partial charge is 0.469 e. The maximum atomic E-state index is 10.9. The Balaban J connectivity index is 1.85. The van der Waals surface area contributed by atoms with Crippen molar-refractivity contribution in [2.24, 2.45) is 5.73 Å². The predicted molar refractivity (Wildman–Crippen MR) is 95.8 cm³/mol. The molecule has 5 nitrogen and oxygen atoms in total. The molecule has 136 valence electrons. The Bertz CT molecular complexity index is 557. The average molecular weight is 355 g/mol. The molecule has 1 aromatic rings. The van der Waals surface area contributed by atoms with Crippen LogP contribution in [0.1, 0.15) is 68.9 Å². The molecule has 0 radical (unpaired) electrons. The first-order chi connectivity index (χ1) is 11.3. The van der Waals surface area contributed by atoms with Crippen LogP contribution in [0.5, 0.6) is 0 Å². The number of unbranched alkanes of at least 4 members (excludes halogenated alkanes) is 3. The molecule has 24 heavy (non-hydrogen) atoms. The number of nitrogens with two attached hydrogens (primary N) is 1. The van der Waals surface area contributed by atoms with E-state index < -0.39 is 13.4 Å². The number of benzene rings is 1. The van der Waals surface area contributed by atoms with E-state index in [1.54, 1.807) is 0 Å². The molecule has 0 heterocycles. The van der Waals surface area contributed by atoms with Crippen LogP contribution in [0.3, 0.4) is 0 Å². The molecule has 1 aromatic carbocycles. The zero-order valence-corrected chi connectivity index (χ0v) is 15.4. The zero-order valence-electron chi connectivity index (χ0n) is 14.5. The van der Waals surface area contributed by atoms with Crippen molar-refractivity contribution >= 4 is 7.82 Å². The summed E-state index contributed by atoms with van der Waals surface area (Å²) in [6, 6.07) is 8.75. The summed E-state index contributed by atoms with van der Waals surface area (Å²) in [6.07, 6.45) is 8.55. The highest BCUT2D eigenvalue weighted by Crippen LogP contribution is 2.43. The highest BCUT2D eigenvalue weighted by molar-refractivity contribution is 7.46. The Kier molecular flexibility index (Phi) is 7.02. The molecule has 6 heteroatoms. The number of hydrogen-bond donors (Lipinski definition) is 3. The maximum absolute atomic E-state index is 10.9. The van der Waals surface area contributed by atoms with Crippen molar-refractivity contribution in [1.29, 1.82) is 0 Å². The van der Waals surface area contributed by atoms with E-state index in [1.165, 1.54) is 36.8 Å². The van der Waals surface area contributed by atoms with E-state index in [0.29, 0.717) is 12.3 Å². The van der Waals surface area contributed by atoms with Gasteiger partial charge in [-0.25, -0.2) is 4.57 Å². The number of phosphoric ester groups is 1. The van der Waals surface area contributed by atoms with E-state index in [-0.39, 0.29) is 6.61 Å². The number of phosphoric acid groups is 1. The number of hydrogen-bond acceptors (Lipinski definition) is 3. The Morgan fingerprint density at radius 3 is 2.58 bits per heavy atom. The summed E-state index contributed by atoms with van der Waals surface area (Å²) < 4.78 is 15.5. The minimum atomic E-state index is -4.46. The molecule has 0 aliphatic heterocycles. The fraction of sp³-hybridized carbons (Fsp3) is 0.667. The molecule has 1 saturated carbocycles. The van der Waals surface area contributed by atoms with E-state index in [0.717, 1.165) is 19.3 Å². The lowest BCUT2D eigenvalue weighted by atomic mass is 9.92. The van der Waals surface area contributed by atoms with E-state index in [9.17, 15) is 4.57 Å². The zero-order chi connectivity index (χ0) is 17.6. The Morgan fingerprint density at radius 1 is 1.25 bits per heavy atom. The second-order valence-corrected chi connectivity index (χ2v) is 8.36. The average Bonchev–Trinajstić information content (AvgIpc) is 2.93. The fourth-order valence-electron chi connectivity index (χ4n) is 3.50. The molecule has 0 spiro atoms. The molecule has 0 aromatic heterocycles. The van der Waals surface area contributed by atoms with Crippen LogP contribution in [-0.4, -0.2) is 21.9 Å². The van der Waals surface area contributed by atoms with Crippen LogP contribution in [0.25, 0.3) is 0 Å². The Labute approximate surface area is 144 Å². The SMILES string of the molecule is CCCCCCc1ccc([C@@H]2CC[C@](N)(COP(=O)(O)O)C2)cc1. The van der Waals surface area contributed by atoms with Gasteiger partial charge >= 0.3 is 7.82 Å². The van der Waals surface area contributed by atoms with Crippen molar-refractivity contribution in [2.45, 2.75) is 69.7 Å². The second kappa shape index (κ2) is 8.59. The fourth-order valence-corrected chi connectivity index (χ4v) is 3.92. The van der Waals surface area contributed by atoms with Crippen LogP contribution in [0.2, 0.25) is 0 Å². The maximum Gasteiger partial charge on any atom is 0.469 e. The smallest absolute Gasteiger partial charge is 0.323 e. The molecule has 2 atom stereocenters. The quantitative estimate of drug-likeness (QED) is 0.462. The molecule has 1 fully saturated rings. The van der Waals surface area contributed by atoms with Gasteiger partial charge in [0.2, 0.25) is 0 Å². The normalized spacial score (nSPS) is 24.4.